The maximum atomic E-state index is 11.0. The molecule has 0 atom stereocenters. The second-order valence-corrected chi connectivity index (χ2v) is 4.51. The van der Waals surface area contributed by atoms with Gasteiger partial charge in [-0.15, -0.1) is 0 Å². The van der Waals surface area contributed by atoms with E-state index in [1.54, 1.807) is 12.1 Å². The van der Waals surface area contributed by atoms with Crippen molar-refractivity contribution in [1.29, 1.82) is 0 Å². The molecule has 0 aliphatic heterocycles. The highest BCUT2D eigenvalue weighted by Crippen LogP contribution is 2.36. The maximum absolute atomic E-state index is 11.0. The highest BCUT2D eigenvalue weighted by Gasteiger charge is 2.15. The molecule has 1 aromatic carbocycles. The van der Waals surface area contributed by atoms with Gasteiger partial charge in [0.2, 0.25) is 0 Å². The van der Waals surface area contributed by atoms with E-state index in [-0.39, 0.29) is 12.1 Å². The summed E-state index contributed by atoms with van der Waals surface area (Å²) in [7, 11) is 3.02. The molecule has 2 aromatic rings. The number of aromatic carboxylic acids is 1. The Hall–Kier alpha value is -2.34. The van der Waals surface area contributed by atoms with E-state index in [0.717, 1.165) is 0 Å². The minimum Gasteiger partial charge on any atom is -0.495 e. The second kappa shape index (κ2) is 6.41. The van der Waals surface area contributed by atoms with E-state index in [2.05, 4.69) is 5.32 Å². The zero-order valence-electron chi connectivity index (χ0n) is 11.5. The van der Waals surface area contributed by atoms with Gasteiger partial charge in [-0.2, -0.15) is 0 Å². The van der Waals surface area contributed by atoms with E-state index in [1.807, 2.05) is 0 Å². The highest BCUT2D eigenvalue weighted by atomic mass is 35.5. The Kier molecular flexibility index (Phi) is 4.59. The number of methoxy groups -OCH3 is 2. The standard InChI is InChI=1S/C14H14ClNO5/c1-19-11-6-10(12(20-2)5-9(11)15)16-7-13-8(14(17)18)3-4-21-13/h3-6,16H,7H2,1-2H3,(H,17,18). The van der Waals surface area contributed by atoms with Gasteiger partial charge in [-0.05, 0) is 6.07 Å². The molecule has 0 aliphatic rings. The number of carboxylic acid groups (broad SMARTS) is 1. The number of nitrogens with one attached hydrogen (secondary N) is 1. The summed E-state index contributed by atoms with van der Waals surface area (Å²) in [4.78, 5) is 11.0. The molecule has 21 heavy (non-hydrogen) atoms. The van der Waals surface area contributed by atoms with Crippen molar-refractivity contribution in [3.63, 3.8) is 0 Å². The summed E-state index contributed by atoms with van der Waals surface area (Å²) in [6, 6.07) is 4.69. The Morgan fingerprint density at radius 3 is 2.67 bits per heavy atom. The van der Waals surface area contributed by atoms with Crippen molar-refractivity contribution < 1.29 is 23.8 Å². The Balaban J connectivity index is 2.23. The van der Waals surface area contributed by atoms with Crippen LogP contribution in [-0.4, -0.2) is 25.3 Å². The number of halogens is 1. The monoisotopic (exact) mass is 311 g/mol. The van der Waals surface area contributed by atoms with E-state index in [9.17, 15) is 4.79 Å². The fourth-order valence-corrected chi connectivity index (χ4v) is 2.07. The van der Waals surface area contributed by atoms with Crippen LogP contribution in [0.3, 0.4) is 0 Å². The van der Waals surface area contributed by atoms with Crippen LogP contribution in [0.15, 0.2) is 28.9 Å². The maximum Gasteiger partial charge on any atom is 0.339 e. The average Bonchev–Trinajstić information content (AvgIpc) is 2.94. The zero-order chi connectivity index (χ0) is 15.4. The molecule has 6 nitrogen and oxygen atoms in total. The van der Waals surface area contributed by atoms with Crippen LogP contribution in [0.5, 0.6) is 11.5 Å². The summed E-state index contributed by atoms with van der Waals surface area (Å²) >= 11 is 6.02. The number of furan rings is 1. The predicted octanol–water partition coefficient (Wildman–Crippen LogP) is 3.26. The molecule has 2 N–H and O–H groups in total. The van der Waals surface area contributed by atoms with Crippen molar-refractivity contribution in [3.8, 4) is 11.5 Å². The number of hydrogen-bond donors (Lipinski definition) is 2. The normalized spacial score (nSPS) is 10.2. The molecule has 0 spiro atoms. The first-order chi connectivity index (χ1) is 10.1. The third kappa shape index (κ3) is 3.22. The van der Waals surface area contributed by atoms with Crippen LogP contribution in [0.25, 0.3) is 0 Å². The molecule has 0 fully saturated rings. The van der Waals surface area contributed by atoms with Crippen molar-refractivity contribution in [1.82, 2.24) is 0 Å². The molecule has 112 valence electrons. The van der Waals surface area contributed by atoms with Crippen molar-refractivity contribution >= 4 is 23.3 Å². The van der Waals surface area contributed by atoms with E-state index >= 15 is 0 Å². The molecule has 1 aromatic heterocycles. The fraction of sp³-hybridized carbons (Fsp3) is 0.214. The largest absolute Gasteiger partial charge is 0.495 e. The third-order valence-corrected chi connectivity index (χ3v) is 3.18. The lowest BCUT2D eigenvalue weighted by molar-refractivity contribution is 0.0694. The van der Waals surface area contributed by atoms with E-state index in [1.165, 1.54) is 26.5 Å². The van der Waals surface area contributed by atoms with Crippen LogP contribution >= 0.6 is 11.6 Å². The first-order valence-electron chi connectivity index (χ1n) is 6.02. The number of carbonyl (C=O) groups is 1. The van der Waals surface area contributed by atoms with Gasteiger partial charge in [-0.3, -0.25) is 0 Å². The zero-order valence-corrected chi connectivity index (χ0v) is 12.2. The Labute approximate surface area is 126 Å². The highest BCUT2D eigenvalue weighted by molar-refractivity contribution is 6.32. The van der Waals surface area contributed by atoms with E-state index < -0.39 is 5.97 Å². The van der Waals surface area contributed by atoms with Gasteiger partial charge in [-0.25, -0.2) is 4.79 Å². The van der Waals surface area contributed by atoms with Gasteiger partial charge in [0.05, 0.1) is 37.7 Å². The lowest BCUT2D eigenvalue weighted by Gasteiger charge is -2.13. The van der Waals surface area contributed by atoms with Crippen molar-refractivity contribution in [2.75, 3.05) is 19.5 Å². The van der Waals surface area contributed by atoms with Gasteiger partial charge in [-0.1, -0.05) is 11.6 Å². The summed E-state index contributed by atoms with van der Waals surface area (Å²) in [6.45, 7) is 0.190. The van der Waals surface area contributed by atoms with Gasteiger partial charge in [0.1, 0.15) is 22.8 Å². The Morgan fingerprint density at radius 1 is 1.33 bits per heavy atom. The predicted molar refractivity (Wildman–Crippen MR) is 77.6 cm³/mol. The molecule has 0 unspecified atom stereocenters. The molecule has 0 saturated heterocycles. The smallest absolute Gasteiger partial charge is 0.339 e. The number of hydrogen-bond acceptors (Lipinski definition) is 5. The van der Waals surface area contributed by atoms with Crippen molar-refractivity contribution in [3.05, 3.63) is 40.8 Å². The SMILES string of the molecule is COc1cc(NCc2occc2C(=O)O)c(OC)cc1Cl. The molecule has 1 heterocycles. The quantitative estimate of drug-likeness (QED) is 0.852. The minimum atomic E-state index is -1.04. The lowest BCUT2D eigenvalue weighted by Crippen LogP contribution is -2.06. The van der Waals surface area contributed by atoms with Gasteiger partial charge < -0.3 is 24.3 Å². The van der Waals surface area contributed by atoms with Crippen molar-refractivity contribution in [2.45, 2.75) is 6.54 Å². The van der Waals surface area contributed by atoms with Gasteiger partial charge in [0.15, 0.2) is 0 Å². The number of anilines is 1. The first kappa shape index (κ1) is 15.1. The van der Waals surface area contributed by atoms with Gasteiger partial charge in [0.25, 0.3) is 0 Å². The van der Waals surface area contributed by atoms with Crippen molar-refractivity contribution in [2.24, 2.45) is 0 Å². The summed E-state index contributed by atoms with van der Waals surface area (Å²) < 4.78 is 15.5. The molecular formula is C14H14ClNO5. The fourth-order valence-electron chi connectivity index (χ4n) is 1.84. The molecule has 7 heteroatoms. The molecule has 0 amide bonds. The molecule has 0 radical (unpaired) electrons. The topological polar surface area (TPSA) is 80.9 Å². The number of benzene rings is 1. The Bertz CT molecular complexity index is 653. The summed E-state index contributed by atoms with van der Waals surface area (Å²) in [6.07, 6.45) is 1.33. The summed E-state index contributed by atoms with van der Waals surface area (Å²) in [5.41, 5.74) is 0.730. The number of rotatable bonds is 6. The summed E-state index contributed by atoms with van der Waals surface area (Å²) in [5, 5.41) is 12.5. The Morgan fingerprint density at radius 2 is 2.05 bits per heavy atom. The molecular weight excluding hydrogens is 298 g/mol. The number of carboxylic acids is 1. The van der Waals surface area contributed by atoms with Crippen LogP contribution in [0.4, 0.5) is 5.69 Å². The summed E-state index contributed by atoms with van der Waals surface area (Å²) in [5.74, 6) is 0.279. The van der Waals surface area contributed by atoms with Crippen LogP contribution in [0, 0.1) is 0 Å². The number of ether oxygens (including phenoxy) is 2. The van der Waals surface area contributed by atoms with E-state index in [4.69, 9.17) is 30.6 Å². The second-order valence-electron chi connectivity index (χ2n) is 4.10. The lowest BCUT2D eigenvalue weighted by atomic mass is 10.2. The first-order valence-corrected chi connectivity index (χ1v) is 6.39. The van der Waals surface area contributed by atoms with E-state index in [0.29, 0.717) is 28.0 Å². The molecule has 2 rings (SSSR count). The third-order valence-electron chi connectivity index (χ3n) is 2.89. The van der Waals surface area contributed by atoms with Crippen LogP contribution in [0.2, 0.25) is 5.02 Å². The van der Waals surface area contributed by atoms with Gasteiger partial charge >= 0.3 is 5.97 Å². The molecule has 0 saturated carbocycles. The molecule has 0 aliphatic carbocycles. The molecule has 0 bridgehead atoms. The van der Waals surface area contributed by atoms with Crippen LogP contribution in [0.1, 0.15) is 16.1 Å². The average molecular weight is 312 g/mol. The van der Waals surface area contributed by atoms with Crippen LogP contribution in [-0.2, 0) is 6.54 Å². The van der Waals surface area contributed by atoms with Crippen LogP contribution < -0.4 is 14.8 Å². The van der Waals surface area contributed by atoms with Gasteiger partial charge in [0, 0.05) is 12.1 Å². The minimum absolute atomic E-state index is 0.113.